The zero-order chi connectivity index (χ0) is 12.3. The van der Waals surface area contributed by atoms with Gasteiger partial charge in [-0.05, 0) is 35.3 Å². The van der Waals surface area contributed by atoms with Crippen LogP contribution in [0.5, 0.6) is 0 Å². The molecule has 5 heteroatoms. The summed E-state index contributed by atoms with van der Waals surface area (Å²) in [6.07, 6.45) is 0.643. The molecule has 0 aliphatic carbocycles. The largest absolute Gasteiger partial charge is 0.339 e. The zero-order valence-electron chi connectivity index (χ0n) is 9.79. The van der Waals surface area contributed by atoms with Crippen molar-refractivity contribution in [1.29, 1.82) is 0 Å². The Balaban J connectivity index is 2.65. The van der Waals surface area contributed by atoms with Gasteiger partial charge in [-0.2, -0.15) is 0 Å². The number of amides is 1. The van der Waals surface area contributed by atoms with Gasteiger partial charge < -0.3 is 10.6 Å². The predicted octanol–water partition coefficient (Wildman–Crippen LogP) is 2.60. The van der Waals surface area contributed by atoms with Gasteiger partial charge in [-0.25, -0.2) is 0 Å². The Morgan fingerprint density at radius 2 is 2.31 bits per heavy atom. The molecule has 0 radical (unpaired) electrons. The third-order valence-corrected chi connectivity index (χ3v) is 4.27. The second-order valence-corrected chi connectivity index (χ2v) is 6.07. The number of thiophene rings is 1. The SMILES string of the molecule is CCC(C)(N)C(=O)N(C)Cc1cc(Br)cs1. The summed E-state index contributed by atoms with van der Waals surface area (Å²) < 4.78 is 1.05. The van der Waals surface area contributed by atoms with E-state index in [0.717, 1.165) is 9.35 Å². The number of nitrogens with two attached hydrogens (primary N) is 1. The fourth-order valence-electron chi connectivity index (χ4n) is 1.33. The number of halogens is 1. The summed E-state index contributed by atoms with van der Waals surface area (Å²) in [5.41, 5.74) is 5.16. The molecule has 90 valence electrons. The zero-order valence-corrected chi connectivity index (χ0v) is 12.2. The summed E-state index contributed by atoms with van der Waals surface area (Å²) in [5.74, 6) is -0.0143. The van der Waals surface area contributed by atoms with E-state index >= 15 is 0 Å². The lowest BCUT2D eigenvalue weighted by Crippen LogP contribution is -2.51. The van der Waals surface area contributed by atoms with E-state index in [0.29, 0.717) is 13.0 Å². The molecule has 2 N–H and O–H groups in total. The first-order valence-electron chi connectivity index (χ1n) is 5.14. The van der Waals surface area contributed by atoms with Crippen molar-refractivity contribution in [2.24, 2.45) is 5.73 Å². The van der Waals surface area contributed by atoms with Gasteiger partial charge in [0.1, 0.15) is 0 Å². The number of nitrogens with zero attached hydrogens (tertiary/aromatic N) is 1. The van der Waals surface area contributed by atoms with E-state index in [9.17, 15) is 4.79 Å². The summed E-state index contributed by atoms with van der Waals surface area (Å²) in [4.78, 5) is 14.8. The number of rotatable bonds is 4. The molecule has 0 aliphatic heterocycles. The summed E-state index contributed by atoms with van der Waals surface area (Å²) in [7, 11) is 1.79. The maximum absolute atomic E-state index is 12.0. The van der Waals surface area contributed by atoms with Crippen LogP contribution in [-0.2, 0) is 11.3 Å². The Morgan fingerprint density at radius 3 is 2.75 bits per heavy atom. The minimum Gasteiger partial charge on any atom is -0.339 e. The van der Waals surface area contributed by atoms with Gasteiger partial charge >= 0.3 is 0 Å². The van der Waals surface area contributed by atoms with Crippen LogP contribution in [-0.4, -0.2) is 23.4 Å². The molecule has 1 aromatic rings. The molecule has 1 amide bonds. The molecule has 1 aromatic heterocycles. The number of hydrogen-bond acceptors (Lipinski definition) is 3. The van der Waals surface area contributed by atoms with Gasteiger partial charge in [0, 0.05) is 21.8 Å². The highest BCUT2D eigenvalue weighted by molar-refractivity contribution is 9.10. The summed E-state index contributed by atoms with van der Waals surface area (Å²) in [6, 6.07) is 2.02. The van der Waals surface area contributed by atoms with Crippen LogP contribution in [0.3, 0.4) is 0 Å². The van der Waals surface area contributed by atoms with E-state index in [1.54, 1.807) is 30.2 Å². The van der Waals surface area contributed by atoms with Crippen molar-refractivity contribution in [2.45, 2.75) is 32.4 Å². The maximum atomic E-state index is 12.0. The molecular formula is C11H17BrN2OS. The van der Waals surface area contributed by atoms with E-state index in [2.05, 4.69) is 15.9 Å². The van der Waals surface area contributed by atoms with Crippen LogP contribution in [0.25, 0.3) is 0 Å². The smallest absolute Gasteiger partial charge is 0.242 e. The van der Waals surface area contributed by atoms with Crippen LogP contribution < -0.4 is 5.73 Å². The number of carbonyl (C=O) groups is 1. The van der Waals surface area contributed by atoms with Crippen LogP contribution in [0.1, 0.15) is 25.1 Å². The Bertz CT molecular complexity index is 376. The molecule has 0 bridgehead atoms. The molecule has 1 atom stereocenters. The summed E-state index contributed by atoms with van der Waals surface area (Å²) in [5, 5.41) is 2.01. The lowest BCUT2D eigenvalue weighted by molar-refractivity contribution is -0.135. The monoisotopic (exact) mass is 304 g/mol. The van der Waals surface area contributed by atoms with Gasteiger partial charge in [-0.1, -0.05) is 6.92 Å². The topological polar surface area (TPSA) is 46.3 Å². The highest BCUT2D eigenvalue weighted by Crippen LogP contribution is 2.21. The van der Waals surface area contributed by atoms with Crippen LogP contribution in [0.15, 0.2) is 15.9 Å². The van der Waals surface area contributed by atoms with Gasteiger partial charge in [0.2, 0.25) is 5.91 Å². The molecular weight excluding hydrogens is 288 g/mol. The number of carbonyl (C=O) groups excluding carboxylic acids is 1. The molecule has 0 aliphatic rings. The maximum Gasteiger partial charge on any atom is 0.242 e. The lowest BCUT2D eigenvalue weighted by Gasteiger charge is -2.27. The Morgan fingerprint density at radius 1 is 1.69 bits per heavy atom. The first-order valence-corrected chi connectivity index (χ1v) is 6.81. The highest BCUT2D eigenvalue weighted by Gasteiger charge is 2.29. The highest BCUT2D eigenvalue weighted by atomic mass is 79.9. The van der Waals surface area contributed by atoms with Crippen LogP contribution >= 0.6 is 27.3 Å². The molecule has 0 spiro atoms. The van der Waals surface area contributed by atoms with Crippen molar-refractivity contribution in [3.8, 4) is 0 Å². The van der Waals surface area contributed by atoms with E-state index < -0.39 is 5.54 Å². The van der Waals surface area contributed by atoms with E-state index in [4.69, 9.17) is 5.73 Å². The minimum absolute atomic E-state index is 0.0143. The molecule has 0 saturated carbocycles. The van der Waals surface area contributed by atoms with Crippen molar-refractivity contribution < 1.29 is 4.79 Å². The van der Waals surface area contributed by atoms with Crippen LogP contribution in [0.4, 0.5) is 0 Å². The standard InChI is InChI=1S/C11H17BrN2OS/c1-4-11(2,13)10(15)14(3)6-9-5-8(12)7-16-9/h5,7H,4,6,13H2,1-3H3. The van der Waals surface area contributed by atoms with Crippen molar-refractivity contribution in [3.63, 3.8) is 0 Å². The van der Waals surface area contributed by atoms with Gasteiger partial charge in [-0.3, -0.25) is 4.79 Å². The summed E-state index contributed by atoms with van der Waals surface area (Å²) in [6.45, 7) is 4.31. The van der Waals surface area contributed by atoms with Gasteiger partial charge in [0.05, 0.1) is 12.1 Å². The fourth-order valence-corrected chi connectivity index (χ4v) is 2.83. The van der Waals surface area contributed by atoms with Gasteiger partial charge in [0.15, 0.2) is 0 Å². The molecule has 1 heterocycles. The van der Waals surface area contributed by atoms with Gasteiger partial charge in [0.25, 0.3) is 0 Å². The molecule has 0 aromatic carbocycles. The molecule has 0 saturated heterocycles. The summed E-state index contributed by atoms with van der Waals surface area (Å²) >= 11 is 5.03. The number of likely N-dealkylation sites (N-methyl/N-ethyl adjacent to an activating group) is 1. The molecule has 1 rings (SSSR count). The van der Waals surface area contributed by atoms with Crippen molar-refractivity contribution in [1.82, 2.24) is 4.90 Å². The third kappa shape index (κ3) is 3.30. The molecule has 16 heavy (non-hydrogen) atoms. The Labute approximate surface area is 109 Å². The normalized spacial score (nSPS) is 14.6. The van der Waals surface area contributed by atoms with E-state index in [1.165, 1.54) is 0 Å². The average molecular weight is 305 g/mol. The van der Waals surface area contributed by atoms with E-state index in [1.807, 2.05) is 18.4 Å². The quantitative estimate of drug-likeness (QED) is 0.929. The second kappa shape index (κ2) is 5.29. The molecule has 1 unspecified atom stereocenters. The van der Waals surface area contributed by atoms with E-state index in [-0.39, 0.29) is 5.91 Å². The molecule has 3 nitrogen and oxygen atoms in total. The van der Waals surface area contributed by atoms with Crippen molar-refractivity contribution in [2.75, 3.05) is 7.05 Å². The minimum atomic E-state index is -0.761. The second-order valence-electron chi connectivity index (χ2n) is 4.16. The first kappa shape index (κ1) is 13.7. The lowest BCUT2D eigenvalue weighted by atomic mass is 9.99. The fraction of sp³-hybridized carbons (Fsp3) is 0.545. The van der Waals surface area contributed by atoms with Crippen LogP contribution in [0, 0.1) is 0 Å². The molecule has 0 fully saturated rings. The van der Waals surface area contributed by atoms with Crippen molar-refractivity contribution in [3.05, 3.63) is 20.8 Å². The first-order chi connectivity index (χ1) is 7.36. The Kier molecular flexibility index (Phi) is 4.52. The predicted molar refractivity (Wildman–Crippen MR) is 71.4 cm³/mol. The third-order valence-electron chi connectivity index (χ3n) is 2.58. The van der Waals surface area contributed by atoms with Gasteiger partial charge in [-0.15, -0.1) is 11.3 Å². The average Bonchev–Trinajstić information content (AvgIpc) is 2.62. The van der Waals surface area contributed by atoms with Crippen LogP contribution in [0.2, 0.25) is 0 Å². The Hall–Kier alpha value is -0.390. The van der Waals surface area contributed by atoms with Crippen molar-refractivity contribution >= 4 is 33.2 Å². The number of hydrogen-bond donors (Lipinski definition) is 1.